The lowest BCUT2D eigenvalue weighted by Gasteiger charge is -2.12. The molecule has 3 aromatic rings. The van der Waals surface area contributed by atoms with Crippen LogP contribution in [0.4, 0.5) is 5.69 Å². The molecule has 1 amide bonds. The largest absolute Gasteiger partial charge is 0.376 e. The Hall–Kier alpha value is -2.93. The van der Waals surface area contributed by atoms with E-state index in [1.165, 1.54) is 0 Å². The van der Waals surface area contributed by atoms with Gasteiger partial charge in [-0.25, -0.2) is 0 Å². The number of fused-ring (bicyclic) bond motifs is 1. The lowest BCUT2D eigenvalue weighted by molar-refractivity contribution is 0.102. The average Bonchev–Trinajstić information content (AvgIpc) is 3.24. The number of rotatable bonds is 4. The molecule has 1 fully saturated rings. The molecule has 5 rings (SSSR count). The first-order valence-electron chi connectivity index (χ1n) is 8.88. The highest BCUT2D eigenvalue weighted by atomic mass is 16.5. The molecular weight excluding hydrogens is 330 g/mol. The molecule has 2 aromatic heterocycles. The van der Waals surface area contributed by atoms with E-state index in [0.29, 0.717) is 18.2 Å². The van der Waals surface area contributed by atoms with Gasteiger partial charge in [-0.3, -0.25) is 15.0 Å². The van der Waals surface area contributed by atoms with Crippen LogP contribution in [0.5, 0.6) is 0 Å². The van der Waals surface area contributed by atoms with Gasteiger partial charge in [0.25, 0.3) is 5.91 Å². The predicted octanol–water partition coefficient (Wildman–Crippen LogP) is 3.00. The van der Waals surface area contributed by atoms with Crippen molar-refractivity contribution in [2.24, 2.45) is 0 Å². The molecule has 1 saturated carbocycles. The molecule has 1 aliphatic carbocycles. The van der Waals surface area contributed by atoms with Crippen LogP contribution in [0.15, 0.2) is 30.5 Å². The summed E-state index contributed by atoms with van der Waals surface area (Å²) in [6, 6.07) is 7.72. The smallest absolute Gasteiger partial charge is 0.273 e. The van der Waals surface area contributed by atoms with E-state index >= 15 is 0 Å². The van der Waals surface area contributed by atoms with Crippen molar-refractivity contribution in [3.05, 3.63) is 53.0 Å². The van der Waals surface area contributed by atoms with Crippen LogP contribution in [0.2, 0.25) is 0 Å². The normalized spacial score (nSPS) is 16.3. The van der Waals surface area contributed by atoms with Crippen molar-refractivity contribution in [2.45, 2.75) is 31.8 Å². The van der Waals surface area contributed by atoms with E-state index in [9.17, 15) is 4.79 Å². The van der Waals surface area contributed by atoms with Crippen molar-refractivity contribution in [1.29, 1.82) is 0 Å². The van der Waals surface area contributed by atoms with Crippen LogP contribution >= 0.6 is 0 Å². The van der Waals surface area contributed by atoms with Gasteiger partial charge in [-0.15, -0.1) is 0 Å². The van der Waals surface area contributed by atoms with Gasteiger partial charge in [0.05, 0.1) is 25.1 Å². The van der Waals surface area contributed by atoms with Gasteiger partial charge in [0.1, 0.15) is 5.69 Å². The molecule has 1 aromatic carbocycles. The zero-order chi connectivity index (χ0) is 17.5. The Morgan fingerprint density at radius 1 is 1.19 bits per heavy atom. The summed E-state index contributed by atoms with van der Waals surface area (Å²) in [7, 11) is 0. The number of hydrogen-bond acceptors (Lipinski definition) is 4. The van der Waals surface area contributed by atoms with Gasteiger partial charge >= 0.3 is 0 Å². The number of nitrogens with zero attached hydrogens (tertiary/aromatic N) is 2. The van der Waals surface area contributed by atoms with Crippen molar-refractivity contribution in [1.82, 2.24) is 20.4 Å². The fraction of sp³-hybridized carbons (Fsp3) is 0.316. The molecule has 0 radical (unpaired) electrons. The third-order valence-corrected chi connectivity index (χ3v) is 5.02. The highest BCUT2D eigenvalue weighted by Crippen LogP contribution is 2.41. The second-order valence-corrected chi connectivity index (χ2v) is 6.84. The minimum Gasteiger partial charge on any atom is -0.376 e. The standard InChI is InChI=1S/C19H19N5O2/c25-19(18-14(9-20-23-18)11-1-2-11)21-13-5-3-12(4-6-13)17-15-10-26-8-7-16(15)22-24-17/h3-6,9,11H,1-2,7-8,10H2,(H,20,23)(H,21,25)(H,22,24). The monoisotopic (exact) mass is 349 g/mol. The van der Waals surface area contributed by atoms with E-state index in [2.05, 4.69) is 25.7 Å². The van der Waals surface area contributed by atoms with Gasteiger partial charge in [-0.05, 0) is 30.9 Å². The van der Waals surface area contributed by atoms with Gasteiger partial charge in [0, 0.05) is 34.5 Å². The van der Waals surface area contributed by atoms with Gasteiger partial charge in [-0.2, -0.15) is 10.2 Å². The molecule has 3 N–H and O–H groups in total. The van der Waals surface area contributed by atoms with E-state index in [0.717, 1.165) is 59.6 Å². The molecule has 0 saturated heterocycles. The molecule has 0 atom stereocenters. The van der Waals surface area contributed by atoms with E-state index in [1.807, 2.05) is 24.3 Å². The number of H-pyrrole nitrogens is 2. The summed E-state index contributed by atoms with van der Waals surface area (Å²) in [5.41, 5.74) is 6.52. The molecule has 3 heterocycles. The summed E-state index contributed by atoms with van der Waals surface area (Å²) in [4.78, 5) is 12.5. The maximum absolute atomic E-state index is 12.5. The van der Waals surface area contributed by atoms with E-state index < -0.39 is 0 Å². The molecule has 132 valence electrons. The van der Waals surface area contributed by atoms with E-state index in [4.69, 9.17) is 4.74 Å². The van der Waals surface area contributed by atoms with Crippen LogP contribution in [0.3, 0.4) is 0 Å². The van der Waals surface area contributed by atoms with Crippen molar-refractivity contribution < 1.29 is 9.53 Å². The molecular formula is C19H19N5O2. The second kappa shape index (κ2) is 6.10. The van der Waals surface area contributed by atoms with Crippen molar-refractivity contribution in [3.63, 3.8) is 0 Å². The summed E-state index contributed by atoms with van der Waals surface area (Å²) in [5, 5.41) is 17.3. The number of carbonyl (C=O) groups is 1. The molecule has 7 heteroatoms. The van der Waals surface area contributed by atoms with Gasteiger partial charge in [0.15, 0.2) is 0 Å². The first-order valence-corrected chi connectivity index (χ1v) is 8.88. The average molecular weight is 349 g/mol. The summed E-state index contributed by atoms with van der Waals surface area (Å²) >= 11 is 0. The van der Waals surface area contributed by atoms with Crippen molar-refractivity contribution in [3.8, 4) is 11.3 Å². The number of amides is 1. The predicted molar refractivity (Wildman–Crippen MR) is 95.9 cm³/mol. The first-order chi connectivity index (χ1) is 12.8. The van der Waals surface area contributed by atoms with Crippen LogP contribution in [0.25, 0.3) is 11.3 Å². The summed E-state index contributed by atoms with van der Waals surface area (Å²) in [5.74, 6) is 0.327. The first kappa shape index (κ1) is 15.3. The SMILES string of the molecule is O=C(Nc1ccc(-c2n[nH]c3c2COCC3)cc1)c1[nH]ncc1C1CC1. The summed E-state index contributed by atoms with van der Waals surface area (Å²) in [6.07, 6.45) is 4.89. The molecule has 0 unspecified atom stereocenters. The third kappa shape index (κ3) is 2.70. The molecule has 0 bridgehead atoms. The Morgan fingerprint density at radius 3 is 2.85 bits per heavy atom. The number of anilines is 1. The number of aromatic nitrogens is 4. The molecule has 0 spiro atoms. The van der Waals surface area contributed by atoms with Crippen LogP contribution in [0, 0.1) is 0 Å². The molecule has 26 heavy (non-hydrogen) atoms. The lowest BCUT2D eigenvalue weighted by atomic mass is 10.0. The highest BCUT2D eigenvalue weighted by Gasteiger charge is 2.29. The second-order valence-electron chi connectivity index (χ2n) is 6.84. The van der Waals surface area contributed by atoms with Crippen LogP contribution < -0.4 is 5.32 Å². The van der Waals surface area contributed by atoms with E-state index in [1.54, 1.807) is 6.20 Å². The molecule has 7 nitrogen and oxygen atoms in total. The van der Waals surface area contributed by atoms with Crippen LogP contribution in [-0.2, 0) is 17.8 Å². The Bertz CT molecular complexity index is 953. The maximum Gasteiger partial charge on any atom is 0.273 e. The maximum atomic E-state index is 12.5. The Labute approximate surface area is 150 Å². The fourth-order valence-electron chi connectivity index (χ4n) is 3.44. The Morgan fingerprint density at radius 2 is 2.04 bits per heavy atom. The zero-order valence-corrected chi connectivity index (χ0v) is 14.2. The number of carbonyl (C=O) groups excluding carboxylic acids is 1. The minimum atomic E-state index is -0.150. The Kier molecular flexibility index (Phi) is 3.60. The number of nitrogens with one attached hydrogen (secondary N) is 3. The van der Waals surface area contributed by atoms with Crippen LogP contribution in [0.1, 0.15) is 46.1 Å². The van der Waals surface area contributed by atoms with Gasteiger partial charge in [-0.1, -0.05) is 12.1 Å². The Balaban J connectivity index is 1.34. The third-order valence-electron chi connectivity index (χ3n) is 5.02. The van der Waals surface area contributed by atoms with Crippen molar-refractivity contribution in [2.75, 3.05) is 11.9 Å². The van der Waals surface area contributed by atoms with Crippen molar-refractivity contribution >= 4 is 11.6 Å². The minimum absolute atomic E-state index is 0.150. The molecule has 1 aliphatic heterocycles. The van der Waals surface area contributed by atoms with Crippen LogP contribution in [-0.4, -0.2) is 32.9 Å². The lowest BCUT2D eigenvalue weighted by Crippen LogP contribution is -2.14. The van der Waals surface area contributed by atoms with E-state index in [-0.39, 0.29) is 5.91 Å². The fourth-order valence-corrected chi connectivity index (χ4v) is 3.44. The van der Waals surface area contributed by atoms with Gasteiger partial charge < -0.3 is 10.1 Å². The number of aromatic amines is 2. The highest BCUT2D eigenvalue weighted by molar-refractivity contribution is 6.04. The zero-order valence-electron chi connectivity index (χ0n) is 14.2. The number of ether oxygens (including phenoxy) is 1. The quantitative estimate of drug-likeness (QED) is 0.675. The molecule has 2 aliphatic rings. The number of hydrogen-bond donors (Lipinski definition) is 3. The topological polar surface area (TPSA) is 95.7 Å². The number of benzene rings is 1. The summed E-state index contributed by atoms with van der Waals surface area (Å²) in [6.45, 7) is 1.32. The van der Waals surface area contributed by atoms with Gasteiger partial charge in [0.2, 0.25) is 0 Å². The summed E-state index contributed by atoms with van der Waals surface area (Å²) < 4.78 is 5.54.